The third-order valence-corrected chi connectivity index (χ3v) is 7.49. The molecule has 5 heteroatoms. The maximum absolute atomic E-state index is 14.2. The Kier molecular flexibility index (Phi) is 7.27. The lowest BCUT2D eigenvalue weighted by molar-refractivity contribution is -0.916. The van der Waals surface area contributed by atoms with Crippen LogP contribution in [0.4, 0.5) is 0 Å². The van der Waals surface area contributed by atoms with Gasteiger partial charge in [-0.1, -0.05) is 68.5 Å². The van der Waals surface area contributed by atoms with Gasteiger partial charge in [-0.3, -0.25) is 9.78 Å². The molecule has 2 heterocycles. The molecule has 1 aromatic carbocycles. The van der Waals surface area contributed by atoms with E-state index in [1.165, 1.54) is 5.56 Å². The monoisotopic (exact) mass is 436 g/mol. The van der Waals surface area contributed by atoms with Crippen molar-refractivity contribution in [1.82, 2.24) is 4.98 Å². The highest BCUT2D eigenvalue weighted by atomic mass is 16.6. The SMILES string of the molecule is C[N@+]1(CCc2cccnc2)CCCC(OC(=O)C([O-])(c2ccccc2)C2CCCCC2)C1. The predicted molar refractivity (Wildman–Crippen MR) is 123 cm³/mol. The molecule has 1 saturated carbocycles. The number of nitrogens with zero attached hydrogens (tertiary/aromatic N) is 2. The van der Waals surface area contributed by atoms with Gasteiger partial charge in [0, 0.05) is 30.8 Å². The molecule has 1 aliphatic carbocycles. The molecule has 4 rings (SSSR count). The van der Waals surface area contributed by atoms with Crippen LogP contribution in [0.5, 0.6) is 0 Å². The second-order valence-corrected chi connectivity index (χ2v) is 9.97. The van der Waals surface area contributed by atoms with Crippen molar-refractivity contribution in [3.8, 4) is 0 Å². The van der Waals surface area contributed by atoms with E-state index in [9.17, 15) is 9.90 Å². The van der Waals surface area contributed by atoms with Crippen LogP contribution >= 0.6 is 0 Å². The maximum Gasteiger partial charge on any atom is 0.300 e. The number of rotatable bonds is 7. The van der Waals surface area contributed by atoms with Crippen molar-refractivity contribution in [2.24, 2.45) is 5.92 Å². The second kappa shape index (κ2) is 10.1. The molecule has 0 bridgehead atoms. The van der Waals surface area contributed by atoms with E-state index >= 15 is 0 Å². The standard InChI is InChI=1S/C27H36N2O3/c1-29(19-16-22-10-8-17-28-20-22)18-9-15-25(21-29)32-26(30)27(31,23-11-4-2-5-12-23)24-13-6-3-7-14-24/h2,4-5,8,10-12,17,20,24-25H,3,6-7,9,13-16,18-19,21H2,1H3/t25?,27?,29-/m1/s1. The fourth-order valence-electron chi connectivity index (χ4n) is 5.57. The fraction of sp³-hybridized carbons (Fsp3) is 0.556. The van der Waals surface area contributed by atoms with Crippen molar-refractivity contribution in [3.63, 3.8) is 0 Å². The van der Waals surface area contributed by atoms with Gasteiger partial charge in [0.2, 0.25) is 0 Å². The molecule has 3 atom stereocenters. The number of likely N-dealkylation sites (tertiary alicyclic amines) is 1. The van der Waals surface area contributed by atoms with E-state index < -0.39 is 11.6 Å². The van der Waals surface area contributed by atoms with Crippen molar-refractivity contribution in [3.05, 3.63) is 66.0 Å². The van der Waals surface area contributed by atoms with Crippen LogP contribution in [0, 0.1) is 5.92 Å². The average molecular weight is 437 g/mol. The summed E-state index contributed by atoms with van der Waals surface area (Å²) in [7, 11) is 2.24. The Morgan fingerprint density at radius 1 is 1.09 bits per heavy atom. The lowest BCUT2D eigenvalue weighted by Crippen LogP contribution is -2.59. The summed E-state index contributed by atoms with van der Waals surface area (Å²) in [5.74, 6) is -0.762. The Balaban J connectivity index is 1.45. The van der Waals surface area contributed by atoms with E-state index in [1.54, 1.807) is 18.3 Å². The minimum absolute atomic E-state index is 0.193. The number of aromatic nitrogens is 1. The van der Waals surface area contributed by atoms with E-state index in [-0.39, 0.29) is 12.0 Å². The first kappa shape index (κ1) is 22.9. The first-order valence-electron chi connectivity index (χ1n) is 12.2. The van der Waals surface area contributed by atoms with Gasteiger partial charge in [-0.05, 0) is 29.5 Å². The van der Waals surface area contributed by atoms with E-state index in [1.807, 2.05) is 30.5 Å². The van der Waals surface area contributed by atoms with Gasteiger partial charge in [0.1, 0.15) is 6.54 Å². The van der Waals surface area contributed by atoms with Gasteiger partial charge in [-0.25, -0.2) is 0 Å². The van der Waals surface area contributed by atoms with Crippen LogP contribution in [0.2, 0.25) is 0 Å². The number of esters is 1. The van der Waals surface area contributed by atoms with E-state index in [2.05, 4.69) is 18.1 Å². The lowest BCUT2D eigenvalue weighted by Gasteiger charge is -2.48. The number of likely N-dealkylation sites (N-methyl/N-ethyl adjacent to an activating group) is 1. The minimum atomic E-state index is -1.81. The molecule has 0 radical (unpaired) electrons. The van der Waals surface area contributed by atoms with Gasteiger partial charge in [0.05, 0.1) is 20.1 Å². The molecule has 2 aromatic rings. The van der Waals surface area contributed by atoms with E-state index in [4.69, 9.17) is 4.74 Å². The molecular weight excluding hydrogens is 400 g/mol. The average Bonchev–Trinajstić information content (AvgIpc) is 2.84. The van der Waals surface area contributed by atoms with Gasteiger partial charge in [0.15, 0.2) is 6.10 Å². The third-order valence-electron chi connectivity index (χ3n) is 7.49. The van der Waals surface area contributed by atoms with Crippen LogP contribution in [0.15, 0.2) is 54.9 Å². The third kappa shape index (κ3) is 5.21. The zero-order valence-corrected chi connectivity index (χ0v) is 19.2. The molecule has 0 N–H and O–H groups in total. The van der Waals surface area contributed by atoms with Gasteiger partial charge < -0.3 is 14.3 Å². The van der Waals surface area contributed by atoms with Gasteiger partial charge >= 0.3 is 5.97 Å². The fourth-order valence-corrected chi connectivity index (χ4v) is 5.57. The Hall–Kier alpha value is -2.24. The van der Waals surface area contributed by atoms with Gasteiger partial charge in [-0.15, -0.1) is 0 Å². The van der Waals surface area contributed by atoms with Gasteiger partial charge in [-0.2, -0.15) is 0 Å². The molecule has 2 unspecified atom stereocenters. The van der Waals surface area contributed by atoms with Crippen molar-refractivity contribution in [2.45, 2.75) is 63.1 Å². The zero-order chi connectivity index (χ0) is 22.4. The summed E-state index contributed by atoms with van der Waals surface area (Å²) in [5.41, 5.74) is -0.0226. The maximum atomic E-state index is 14.2. The summed E-state index contributed by atoms with van der Waals surface area (Å²) in [6.07, 6.45) is 11.1. The minimum Gasteiger partial charge on any atom is -0.837 e. The van der Waals surface area contributed by atoms with Crippen molar-refractivity contribution >= 4 is 5.97 Å². The highest BCUT2D eigenvalue weighted by molar-refractivity contribution is 5.81. The normalized spacial score (nSPS) is 26.2. The first-order valence-corrected chi connectivity index (χ1v) is 12.2. The largest absolute Gasteiger partial charge is 0.837 e. The molecule has 32 heavy (non-hydrogen) atoms. The second-order valence-electron chi connectivity index (χ2n) is 9.97. The number of benzene rings is 1. The number of piperidine rings is 1. The summed E-state index contributed by atoms with van der Waals surface area (Å²) in [5, 5.41) is 14.2. The predicted octanol–water partition coefficient (Wildman–Crippen LogP) is 3.61. The number of ether oxygens (including phenoxy) is 1. The number of carbonyl (C=O) groups excluding carboxylic acids is 1. The molecule has 1 aromatic heterocycles. The molecule has 5 nitrogen and oxygen atoms in total. The number of hydrogen-bond donors (Lipinski definition) is 0. The molecule has 2 fully saturated rings. The van der Waals surface area contributed by atoms with Crippen LogP contribution in [-0.2, 0) is 21.6 Å². The van der Waals surface area contributed by atoms with Crippen LogP contribution in [0.1, 0.15) is 56.1 Å². The highest BCUT2D eigenvalue weighted by Gasteiger charge is 2.41. The number of quaternary nitrogens is 1. The smallest absolute Gasteiger partial charge is 0.300 e. The van der Waals surface area contributed by atoms with Crippen LogP contribution in [-0.4, -0.2) is 48.2 Å². The molecule has 0 amide bonds. The zero-order valence-electron chi connectivity index (χ0n) is 19.2. The number of pyridine rings is 1. The summed E-state index contributed by atoms with van der Waals surface area (Å²) in [6, 6.07) is 13.3. The summed E-state index contributed by atoms with van der Waals surface area (Å²) < 4.78 is 6.89. The Bertz CT molecular complexity index is 869. The molecule has 1 saturated heterocycles. The van der Waals surface area contributed by atoms with E-state index in [0.29, 0.717) is 5.56 Å². The van der Waals surface area contributed by atoms with Crippen molar-refractivity contribution in [2.75, 3.05) is 26.7 Å². The van der Waals surface area contributed by atoms with E-state index in [0.717, 1.165) is 75.5 Å². The number of hydrogen-bond acceptors (Lipinski definition) is 4. The number of carbonyl (C=O) groups is 1. The van der Waals surface area contributed by atoms with Crippen LogP contribution in [0.3, 0.4) is 0 Å². The molecule has 2 aliphatic rings. The van der Waals surface area contributed by atoms with Gasteiger partial charge in [0.25, 0.3) is 0 Å². The highest BCUT2D eigenvalue weighted by Crippen LogP contribution is 2.39. The summed E-state index contributed by atoms with van der Waals surface area (Å²) >= 11 is 0. The first-order chi connectivity index (χ1) is 15.5. The Labute approximate surface area is 192 Å². The van der Waals surface area contributed by atoms with Crippen LogP contribution < -0.4 is 5.11 Å². The van der Waals surface area contributed by atoms with Crippen molar-refractivity contribution in [1.29, 1.82) is 0 Å². The lowest BCUT2D eigenvalue weighted by atomic mass is 9.73. The van der Waals surface area contributed by atoms with Crippen molar-refractivity contribution < 1.29 is 19.1 Å². The Morgan fingerprint density at radius 3 is 2.59 bits per heavy atom. The quantitative estimate of drug-likeness (QED) is 0.491. The summed E-state index contributed by atoms with van der Waals surface area (Å²) in [4.78, 5) is 17.7. The molecule has 172 valence electrons. The van der Waals surface area contributed by atoms with Crippen LogP contribution in [0.25, 0.3) is 0 Å². The molecule has 1 aliphatic heterocycles. The molecule has 0 spiro atoms. The topological polar surface area (TPSA) is 62.2 Å². The Morgan fingerprint density at radius 2 is 1.88 bits per heavy atom. The molecular formula is C27H36N2O3. The summed E-state index contributed by atoms with van der Waals surface area (Å²) in [6.45, 7) is 2.81.